The molecule has 3 rings (SSSR count). The van der Waals surface area contributed by atoms with Crippen LogP contribution in [0.4, 0.5) is 0 Å². The summed E-state index contributed by atoms with van der Waals surface area (Å²) in [6, 6.07) is 9.73. The van der Waals surface area contributed by atoms with Crippen LogP contribution in [0.2, 0.25) is 0 Å². The van der Waals surface area contributed by atoms with Gasteiger partial charge in [0, 0.05) is 12.8 Å². The van der Waals surface area contributed by atoms with Crippen molar-refractivity contribution in [1.29, 1.82) is 0 Å². The SMILES string of the molecule is O=C1CC2CC(C(=O)OCc3ccccc3)CC2C1. The topological polar surface area (TPSA) is 43.4 Å². The maximum atomic E-state index is 12.0. The number of rotatable bonds is 3. The molecule has 2 saturated carbocycles. The fourth-order valence-corrected chi connectivity index (χ4v) is 3.42. The molecule has 0 aliphatic heterocycles. The largest absolute Gasteiger partial charge is 0.461 e. The van der Waals surface area contributed by atoms with Gasteiger partial charge in [0.2, 0.25) is 0 Å². The van der Waals surface area contributed by atoms with Gasteiger partial charge in [-0.1, -0.05) is 30.3 Å². The van der Waals surface area contributed by atoms with Crippen LogP contribution < -0.4 is 0 Å². The number of Topliss-reactive ketones (excluding diaryl/α,β-unsaturated/α-hetero) is 1. The summed E-state index contributed by atoms with van der Waals surface area (Å²) >= 11 is 0. The van der Waals surface area contributed by atoms with Gasteiger partial charge in [0.15, 0.2) is 0 Å². The second kappa shape index (κ2) is 5.16. The van der Waals surface area contributed by atoms with Crippen molar-refractivity contribution in [1.82, 2.24) is 0 Å². The maximum absolute atomic E-state index is 12.0. The monoisotopic (exact) mass is 258 g/mol. The van der Waals surface area contributed by atoms with Crippen molar-refractivity contribution in [2.45, 2.75) is 32.3 Å². The van der Waals surface area contributed by atoms with E-state index >= 15 is 0 Å². The Morgan fingerprint density at radius 1 is 1.11 bits per heavy atom. The lowest BCUT2D eigenvalue weighted by Gasteiger charge is -2.11. The van der Waals surface area contributed by atoms with Crippen LogP contribution in [0.5, 0.6) is 0 Å². The molecule has 19 heavy (non-hydrogen) atoms. The molecular formula is C16H18O3. The van der Waals surface area contributed by atoms with Crippen molar-refractivity contribution < 1.29 is 14.3 Å². The summed E-state index contributed by atoms with van der Waals surface area (Å²) in [4.78, 5) is 23.4. The molecule has 0 N–H and O–H groups in total. The van der Waals surface area contributed by atoms with Gasteiger partial charge in [-0.25, -0.2) is 0 Å². The number of hydrogen-bond acceptors (Lipinski definition) is 3. The number of esters is 1. The van der Waals surface area contributed by atoms with Crippen molar-refractivity contribution in [3.05, 3.63) is 35.9 Å². The van der Waals surface area contributed by atoms with E-state index in [1.807, 2.05) is 30.3 Å². The summed E-state index contributed by atoms with van der Waals surface area (Å²) < 4.78 is 5.38. The van der Waals surface area contributed by atoms with Gasteiger partial charge < -0.3 is 4.74 Å². The Hall–Kier alpha value is -1.64. The van der Waals surface area contributed by atoms with E-state index in [2.05, 4.69) is 0 Å². The first-order valence-electron chi connectivity index (χ1n) is 6.94. The molecule has 2 atom stereocenters. The average molecular weight is 258 g/mol. The van der Waals surface area contributed by atoms with E-state index in [4.69, 9.17) is 4.74 Å². The summed E-state index contributed by atoms with van der Waals surface area (Å²) in [5, 5.41) is 0. The molecule has 0 heterocycles. The molecule has 0 amide bonds. The van der Waals surface area contributed by atoms with Gasteiger partial charge in [-0.15, -0.1) is 0 Å². The third-order valence-electron chi connectivity index (χ3n) is 4.38. The van der Waals surface area contributed by atoms with E-state index in [0.717, 1.165) is 18.4 Å². The van der Waals surface area contributed by atoms with Gasteiger partial charge >= 0.3 is 5.97 Å². The zero-order chi connectivity index (χ0) is 13.2. The van der Waals surface area contributed by atoms with Gasteiger partial charge in [0.25, 0.3) is 0 Å². The minimum absolute atomic E-state index is 0.00631. The Bertz CT molecular complexity index is 464. The molecule has 2 unspecified atom stereocenters. The molecule has 1 aromatic carbocycles. The fraction of sp³-hybridized carbons (Fsp3) is 0.500. The molecule has 3 heteroatoms. The number of fused-ring (bicyclic) bond motifs is 1. The summed E-state index contributed by atoms with van der Waals surface area (Å²) in [6.07, 6.45) is 3.02. The highest BCUT2D eigenvalue weighted by Crippen LogP contribution is 2.45. The van der Waals surface area contributed by atoms with E-state index in [1.165, 1.54) is 0 Å². The number of hydrogen-bond donors (Lipinski definition) is 0. The van der Waals surface area contributed by atoms with E-state index in [0.29, 0.717) is 37.1 Å². The predicted molar refractivity (Wildman–Crippen MR) is 70.2 cm³/mol. The Morgan fingerprint density at radius 2 is 1.74 bits per heavy atom. The highest BCUT2D eigenvalue weighted by atomic mass is 16.5. The molecule has 2 fully saturated rings. The number of carbonyl (C=O) groups is 2. The van der Waals surface area contributed by atoms with Crippen molar-refractivity contribution in [3.8, 4) is 0 Å². The third kappa shape index (κ3) is 2.70. The average Bonchev–Trinajstić information content (AvgIpc) is 2.94. The highest BCUT2D eigenvalue weighted by Gasteiger charge is 2.43. The standard InChI is InChI=1S/C16H18O3/c17-15-8-12-6-14(7-13(12)9-15)16(18)19-10-11-4-2-1-3-5-11/h1-5,12-14H,6-10H2. The molecule has 0 aromatic heterocycles. The lowest BCUT2D eigenvalue weighted by atomic mass is 10.0. The molecule has 1 aromatic rings. The van der Waals surface area contributed by atoms with E-state index in [9.17, 15) is 9.59 Å². The van der Waals surface area contributed by atoms with E-state index in [-0.39, 0.29) is 11.9 Å². The van der Waals surface area contributed by atoms with Crippen molar-refractivity contribution in [2.24, 2.45) is 17.8 Å². The second-order valence-electron chi connectivity index (χ2n) is 5.73. The molecule has 2 aliphatic rings. The molecule has 0 bridgehead atoms. The van der Waals surface area contributed by atoms with Gasteiger partial charge in [-0.05, 0) is 30.2 Å². The summed E-state index contributed by atoms with van der Waals surface area (Å²) in [5.41, 5.74) is 1.02. The first kappa shape index (κ1) is 12.4. The summed E-state index contributed by atoms with van der Waals surface area (Å²) in [5.74, 6) is 1.15. The molecule has 0 radical (unpaired) electrons. The van der Waals surface area contributed by atoms with E-state index < -0.39 is 0 Å². The number of ketones is 1. The zero-order valence-electron chi connectivity index (χ0n) is 10.9. The van der Waals surface area contributed by atoms with Crippen molar-refractivity contribution >= 4 is 11.8 Å². The normalized spacial score (nSPS) is 29.3. The van der Waals surface area contributed by atoms with Crippen LogP contribution in [0.15, 0.2) is 30.3 Å². The van der Waals surface area contributed by atoms with E-state index in [1.54, 1.807) is 0 Å². The Labute approximate surface area is 113 Å². The second-order valence-corrected chi connectivity index (χ2v) is 5.73. The smallest absolute Gasteiger partial charge is 0.309 e. The molecule has 2 aliphatic carbocycles. The zero-order valence-corrected chi connectivity index (χ0v) is 10.9. The lowest BCUT2D eigenvalue weighted by molar-refractivity contribution is -0.150. The van der Waals surface area contributed by atoms with Crippen LogP contribution in [-0.4, -0.2) is 11.8 Å². The minimum atomic E-state index is -0.0919. The van der Waals surface area contributed by atoms with Gasteiger partial charge in [0.1, 0.15) is 12.4 Å². The Kier molecular flexibility index (Phi) is 3.36. The van der Waals surface area contributed by atoms with Gasteiger partial charge in [0.05, 0.1) is 5.92 Å². The van der Waals surface area contributed by atoms with Crippen molar-refractivity contribution in [2.75, 3.05) is 0 Å². The molecule has 100 valence electrons. The van der Waals surface area contributed by atoms with Crippen LogP contribution in [0.3, 0.4) is 0 Å². The van der Waals surface area contributed by atoms with Gasteiger partial charge in [-0.2, -0.15) is 0 Å². The molecule has 0 spiro atoms. The molecular weight excluding hydrogens is 240 g/mol. The lowest BCUT2D eigenvalue weighted by Crippen LogP contribution is -2.16. The summed E-state index contributed by atoms with van der Waals surface area (Å²) in [6.45, 7) is 0.352. The van der Waals surface area contributed by atoms with Crippen LogP contribution >= 0.6 is 0 Å². The Morgan fingerprint density at radius 3 is 2.37 bits per heavy atom. The van der Waals surface area contributed by atoms with Crippen LogP contribution in [0.25, 0.3) is 0 Å². The quantitative estimate of drug-likeness (QED) is 0.783. The van der Waals surface area contributed by atoms with Gasteiger partial charge in [-0.3, -0.25) is 9.59 Å². The predicted octanol–water partition coefficient (Wildman–Crippen LogP) is 2.74. The first-order valence-corrected chi connectivity index (χ1v) is 6.94. The minimum Gasteiger partial charge on any atom is -0.461 e. The van der Waals surface area contributed by atoms with Crippen molar-refractivity contribution in [3.63, 3.8) is 0 Å². The van der Waals surface area contributed by atoms with Crippen LogP contribution in [-0.2, 0) is 20.9 Å². The first-order chi connectivity index (χ1) is 9.22. The third-order valence-corrected chi connectivity index (χ3v) is 4.38. The Balaban J connectivity index is 1.51. The number of benzene rings is 1. The number of carbonyl (C=O) groups excluding carboxylic acids is 2. The molecule has 3 nitrogen and oxygen atoms in total. The molecule has 0 saturated heterocycles. The number of ether oxygens (including phenoxy) is 1. The maximum Gasteiger partial charge on any atom is 0.309 e. The van der Waals surface area contributed by atoms with Crippen LogP contribution in [0, 0.1) is 17.8 Å². The highest BCUT2D eigenvalue weighted by molar-refractivity contribution is 5.82. The van der Waals surface area contributed by atoms with Crippen LogP contribution in [0.1, 0.15) is 31.2 Å². The fourth-order valence-electron chi connectivity index (χ4n) is 3.42. The summed E-state index contributed by atoms with van der Waals surface area (Å²) in [7, 11) is 0.